The molecular weight excluding hydrogens is 468 g/mol. The molecule has 2 amide bonds. The van der Waals surface area contributed by atoms with E-state index >= 15 is 0 Å². The molecule has 0 radical (unpaired) electrons. The van der Waals surface area contributed by atoms with E-state index in [1.165, 1.54) is 4.90 Å². The number of carbonyl (C=O) groups is 2. The van der Waals surface area contributed by atoms with Crippen molar-refractivity contribution >= 4 is 29.1 Å². The van der Waals surface area contributed by atoms with Crippen molar-refractivity contribution in [2.45, 2.75) is 25.7 Å². The van der Waals surface area contributed by atoms with Crippen LogP contribution < -0.4 is 14.4 Å². The fourth-order valence-electron chi connectivity index (χ4n) is 4.67. The van der Waals surface area contributed by atoms with E-state index in [9.17, 15) is 9.59 Å². The lowest BCUT2D eigenvalue weighted by Crippen LogP contribution is -2.36. The van der Waals surface area contributed by atoms with Crippen LogP contribution in [0, 0.1) is 5.92 Å². The van der Waals surface area contributed by atoms with Gasteiger partial charge >= 0.3 is 0 Å². The second kappa shape index (κ2) is 9.70. The highest BCUT2D eigenvalue weighted by Crippen LogP contribution is 2.46. The van der Waals surface area contributed by atoms with Crippen LogP contribution in [-0.4, -0.2) is 36.6 Å². The van der Waals surface area contributed by atoms with Crippen LogP contribution >= 0.6 is 11.6 Å². The normalized spacial score (nSPS) is 21.9. The van der Waals surface area contributed by atoms with Crippen LogP contribution in [0.1, 0.15) is 24.1 Å². The summed E-state index contributed by atoms with van der Waals surface area (Å²) in [5.74, 6) is -0.242. The van der Waals surface area contributed by atoms with Crippen molar-refractivity contribution in [1.82, 2.24) is 5.06 Å². The van der Waals surface area contributed by atoms with Gasteiger partial charge in [-0.3, -0.25) is 14.4 Å². The van der Waals surface area contributed by atoms with Gasteiger partial charge in [-0.1, -0.05) is 54.1 Å². The lowest BCUT2D eigenvalue weighted by atomic mass is 9.91. The molecule has 2 aliphatic rings. The molecule has 0 N–H and O–H groups in total. The van der Waals surface area contributed by atoms with Gasteiger partial charge in [-0.2, -0.15) is 5.06 Å². The molecule has 0 unspecified atom stereocenters. The third-order valence-electron chi connectivity index (χ3n) is 6.22. The molecule has 7 nitrogen and oxygen atoms in total. The summed E-state index contributed by atoms with van der Waals surface area (Å²) >= 11 is 6.10. The van der Waals surface area contributed by atoms with Crippen LogP contribution in [0.5, 0.6) is 11.5 Å². The quantitative estimate of drug-likeness (QED) is 0.442. The van der Waals surface area contributed by atoms with E-state index in [1.807, 2.05) is 55.5 Å². The average Bonchev–Trinajstić information content (AvgIpc) is 3.32. The first-order chi connectivity index (χ1) is 17.0. The average molecular weight is 493 g/mol. The summed E-state index contributed by atoms with van der Waals surface area (Å²) in [5.41, 5.74) is 2.28. The van der Waals surface area contributed by atoms with Crippen molar-refractivity contribution < 1.29 is 23.9 Å². The number of halogens is 1. The maximum absolute atomic E-state index is 13.5. The third-order valence-corrected chi connectivity index (χ3v) is 6.46. The Hall–Kier alpha value is -3.39. The predicted molar refractivity (Wildman–Crippen MR) is 131 cm³/mol. The van der Waals surface area contributed by atoms with Gasteiger partial charge in [-0.05, 0) is 48.4 Å². The molecule has 0 bridgehead atoms. The fraction of sp³-hybridized carbons (Fsp3) is 0.259. The van der Waals surface area contributed by atoms with E-state index in [2.05, 4.69) is 0 Å². The molecule has 8 heteroatoms. The predicted octanol–water partition coefficient (Wildman–Crippen LogP) is 4.79. The minimum absolute atomic E-state index is 0.320. The molecule has 5 rings (SSSR count). The highest BCUT2D eigenvalue weighted by Gasteiger charge is 2.59. The zero-order chi connectivity index (χ0) is 24.5. The van der Waals surface area contributed by atoms with E-state index in [-0.39, 0.29) is 5.91 Å². The maximum Gasteiger partial charge on any atom is 0.265 e. The molecule has 3 aromatic carbocycles. The van der Waals surface area contributed by atoms with Gasteiger partial charge in [0.05, 0.1) is 24.3 Å². The lowest BCUT2D eigenvalue weighted by Gasteiger charge is -2.25. The summed E-state index contributed by atoms with van der Waals surface area (Å²) in [6.45, 7) is 2.75. The van der Waals surface area contributed by atoms with Gasteiger partial charge in [0.1, 0.15) is 6.61 Å². The summed E-state index contributed by atoms with van der Waals surface area (Å²) in [7, 11) is 1.73. The first-order valence-corrected chi connectivity index (χ1v) is 11.8. The van der Waals surface area contributed by atoms with Crippen LogP contribution in [0.15, 0.2) is 72.8 Å². The summed E-state index contributed by atoms with van der Waals surface area (Å²) in [6.07, 6.45) is -0.902. The highest BCUT2D eigenvalue weighted by molar-refractivity contribution is 6.31. The Morgan fingerprint density at radius 1 is 0.914 bits per heavy atom. The standard InChI is InChI=1S/C27H25ClN2O5/c1-3-33-22-14-18(12-13-21(22)34-16-17-8-5-4-6-9-17)24-23-25(35-29(24)2)27(32)30(26(23)31)20-11-7-10-19(28)15-20/h4-15,23-25H,3,16H2,1-2H3/t23-,24+,25+/m1/s1. The van der Waals surface area contributed by atoms with E-state index in [0.29, 0.717) is 35.4 Å². The minimum atomic E-state index is -0.902. The number of rotatable bonds is 7. The zero-order valence-electron chi connectivity index (χ0n) is 19.4. The number of imide groups is 1. The van der Waals surface area contributed by atoms with E-state index in [0.717, 1.165) is 11.1 Å². The number of carbonyl (C=O) groups excluding carboxylic acids is 2. The molecule has 2 saturated heterocycles. The Labute approximate surface area is 208 Å². The topological polar surface area (TPSA) is 68.3 Å². The van der Waals surface area contributed by atoms with Gasteiger partial charge in [-0.15, -0.1) is 0 Å². The first-order valence-electron chi connectivity index (χ1n) is 11.4. The maximum atomic E-state index is 13.5. The Kier molecular flexibility index (Phi) is 6.47. The Morgan fingerprint density at radius 2 is 1.71 bits per heavy atom. The van der Waals surface area contributed by atoms with Crippen LogP contribution in [0.4, 0.5) is 5.69 Å². The number of hydrogen-bond acceptors (Lipinski definition) is 6. The van der Waals surface area contributed by atoms with Crippen molar-refractivity contribution in [3.63, 3.8) is 0 Å². The van der Waals surface area contributed by atoms with Gasteiger partial charge in [0.15, 0.2) is 17.6 Å². The van der Waals surface area contributed by atoms with Crippen molar-refractivity contribution in [3.05, 3.63) is 88.9 Å². The first kappa shape index (κ1) is 23.4. The molecular formula is C27H25ClN2O5. The molecule has 0 spiro atoms. The molecule has 0 saturated carbocycles. The highest BCUT2D eigenvalue weighted by atomic mass is 35.5. The van der Waals surface area contributed by atoms with Gasteiger partial charge in [0.2, 0.25) is 5.91 Å². The number of ether oxygens (including phenoxy) is 2. The molecule has 0 aliphatic carbocycles. The van der Waals surface area contributed by atoms with Crippen molar-refractivity contribution in [1.29, 1.82) is 0 Å². The number of amides is 2. The smallest absolute Gasteiger partial charge is 0.265 e. The molecule has 2 fully saturated rings. The number of hydrogen-bond donors (Lipinski definition) is 0. The van der Waals surface area contributed by atoms with Crippen LogP contribution in [0.3, 0.4) is 0 Å². The second-order valence-electron chi connectivity index (χ2n) is 8.45. The molecule has 35 heavy (non-hydrogen) atoms. The van der Waals surface area contributed by atoms with E-state index in [4.69, 9.17) is 25.9 Å². The van der Waals surface area contributed by atoms with E-state index in [1.54, 1.807) is 36.4 Å². The Morgan fingerprint density at radius 3 is 2.46 bits per heavy atom. The minimum Gasteiger partial charge on any atom is -0.490 e. The van der Waals surface area contributed by atoms with Gasteiger partial charge < -0.3 is 9.47 Å². The number of nitrogens with zero attached hydrogens (tertiary/aromatic N) is 2. The number of hydroxylamine groups is 2. The third kappa shape index (κ3) is 4.38. The van der Waals surface area contributed by atoms with E-state index < -0.39 is 24.0 Å². The lowest BCUT2D eigenvalue weighted by molar-refractivity contribution is -0.160. The molecule has 3 atom stereocenters. The number of benzene rings is 3. The van der Waals surface area contributed by atoms with Crippen LogP contribution in [0.25, 0.3) is 0 Å². The van der Waals surface area contributed by atoms with Crippen molar-refractivity contribution in [2.24, 2.45) is 5.92 Å². The van der Waals surface area contributed by atoms with Gasteiger partial charge in [0.25, 0.3) is 5.91 Å². The summed E-state index contributed by atoms with van der Waals surface area (Å²) < 4.78 is 11.9. The second-order valence-corrected chi connectivity index (χ2v) is 8.88. The van der Waals surface area contributed by atoms with Gasteiger partial charge in [-0.25, -0.2) is 4.90 Å². The summed E-state index contributed by atoms with van der Waals surface area (Å²) in [5, 5.41) is 2.03. The van der Waals surface area contributed by atoms with Crippen LogP contribution in [-0.2, 0) is 21.0 Å². The summed E-state index contributed by atoms with van der Waals surface area (Å²) in [4.78, 5) is 33.7. The molecule has 0 aromatic heterocycles. The molecule has 2 heterocycles. The zero-order valence-corrected chi connectivity index (χ0v) is 20.1. The fourth-order valence-corrected chi connectivity index (χ4v) is 4.85. The SMILES string of the molecule is CCOc1cc([C@H]2[C@H]3C(=O)N(c4cccc(Cl)c4)C(=O)[C@H]3ON2C)ccc1OCc1ccccc1. The number of fused-ring (bicyclic) bond motifs is 1. The largest absolute Gasteiger partial charge is 0.490 e. The summed E-state index contributed by atoms with van der Waals surface area (Å²) in [6, 6.07) is 21.7. The van der Waals surface area contributed by atoms with Crippen LogP contribution in [0.2, 0.25) is 5.02 Å². The van der Waals surface area contributed by atoms with Crippen molar-refractivity contribution in [2.75, 3.05) is 18.6 Å². The van der Waals surface area contributed by atoms with Gasteiger partial charge in [0, 0.05) is 12.1 Å². The molecule has 2 aliphatic heterocycles. The molecule has 3 aromatic rings. The Bertz CT molecular complexity index is 1250. The van der Waals surface area contributed by atoms with Crippen molar-refractivity contribution in [3.8, 4) is 11.5 Å². The Balaban J connectivity index is 1.43. The monoisotopic (exact) mass is 492 g/mol. The number of anilines is 1. The molecule has 180 valence electrons.